The first-order valence-electron chi connectivity index (χ1n) is 10.9. The Morgan fingerprint density at radius 2 is 1.74 bits per heavy atom. The van der Waals surface area contributed by atoms with Crippen molar-refractivity contribution in [1.82, 2.24) is 4.73 Å². The van der Waals surface area contributed by atoms with E-state index in [0.29, 0.717) is 34.3 Å². The number of rotatable bonds is 9. The van der Waals surface area contributed by atoms with Crippen LogP contribution in [0.2, 0.25) is 10.0 Å². The van der Waals surface area contributed by atoms with Gasteiger partial charge in [-0.1, -0.05) is 29.6 Å². The molecule has 4 aromatic rings. The van der Waals surface area contributed by atoms with Crippen molar-refractivity contribution < 1.29 is 42.3 Å². The predicted octanol–water partition coefficient (Wildman–Crippen LogP) is 4.75. The second-order valence-electron chi connectivity index (χ2n) is 8.13. The third-order valence-corrected chi connectivity index (χ3v) is 8.40. The van der Waals surface area contributed by atoms with Crippen LogP contribution in [0.5, 0.6) is 17.5 Å². The van der Waals surface area contributed by atoms with Crippen LogP contribution in [0.25, 0.3) is 21.4 Å². The zero-order valence-corrected chi connectivity index (χ0v) is 22.3. The van der Waals surface area contributed by atoms with E-state index in [1.807, 2.05) is 0 Å². The van der Waals surface area contributed by atoms with Gasteiger partial charge in [0, 0.05) is 33.7 Å². The van der Waals surface area contributed by atoms with Crippen LogP contribution in [-0.4, -0.2) is 39.0 Å². The number of aromatic nitrogens is 1. The van der Waals surface area contributed by atoms with E-state index in [4.69, 9.17) is 32.5 Å². The van der Waals surface area contributed by atoms with Crippen molar-refractivity contribution in [2.24, 2.45) is 0 Å². The average molecular weight is 604 g/mol. The van der Waals surface area contributed by atoms with Crippen molar-refractivity contribution in [1.29, 1.82) is 0 Å². The maximum absolute atomic E-state index is 12.6. The number of fused-ring (bicyclic) bond motifs is 1. The van der Waals surface area contributed by atoms with Crippen LogP contribution >= 0.6 is 34.5 Å². The summed E-state index contributed by atoms with van der Waals surface area (Å²) in [5, 5.41) is 28.9. The molecule has 0 fully saturated rings. The zero-order valence-electron chi connectivity index (χ0n) is 19.2. The SMILES string of the molecule is O=C(CCCCCc1sc(-c2cc3cc(Cl)c(O)c(Cl)c3oc2=O)cc1S(=O)(=O)O)On1c(O)ccc1O. The molecule has 0 radical (unpaired) electrons. The molecule has 1 aromatic carbocycles. The molecule has 0 saturated carbocycles. The van der Waals surface area contributed by atoms with Gasteiger partial charge in [-0.15, -0.1) is 16.1 Å². The first kappa shape index (κ1) is 27.8. The molecule has 0 bridgehead atoms. The third-order valence-electron chi connectivity index (χ3n) is 5.48. The van der Waals surface area contributed by atoms with E-state index in [9.17, 15) is 37.9 Å². The van der Waals surface area contributed by atoms with Crippen molar-refractivity contribution in [3.8, 4) is 28.0 Å². The van der Waals surface area contributed by atoms with Gasteiger partial charge >= 0.3 is 11.6 Å². The first-order chi connectivity index (χ1) is 17.9. The van der Waals surface area contributed by atoms with E-state index >= 15 is 0 Å². The molecule has 3 aromatic heterocycles. The number of hydrogen-bond acceptors (Lipinski definition) is 10. The van der Waals surface area contributed by atoms with E-state index < -0.39 is 39.2 Å². The predicted molar refractivity (Wildman–Crippen MR) is 139 cm³/mol. The molecule has 11 nitrogen and oxygen atoms in total. The smallest absolute Gasteiger partial charge is 0.345 e. The standard InChI is InChI=1S/C23H19Cl2NO10S2/c24-13-9-11-8-12(23(31)35-22(11)20(25)21(13)30)15-10-16(38(32,33)34)14(37-15)4-2-1-3-5-19(29)36-26-17(27)6-7-18(26)28/h6-10,27-28,30H,1-5H2,(H,32,33,34). The van der Waals surface area contributed by atoms with Gasteiger partial charge in [0.15, 0.2) is 11.3 Å². The lowest BCUT2D eigenvalue weighted by Crippen LogP contribution is -2.18. The number of nitrogens with zero attached hydrogens (tertiary/aromatic N) is 1. The number of hydrogen-bond donors (Lipinski definition) is 4. The molecule has 0 aliphatic rings. The van der Waals surface area contributed by atoms with E-state index in [2.05, 4.69) is 0 Å². The maximum Gasteiger partial charge on any atom is 0.345 e. The van der Waals surface area contributed by atoms with E-state index in [1.165, 1.54) is 18.2 Å². The summed E-state index contributed by atoms with van der Waals surface area (Å²) in [5.41, 5.74) is -0.917. The average Bonchev–Trinajstić information content (AvgIpc) is 3.41. The second-order valence-corrected chi connectivity index (χ2v) is 11.4. The van der Waals surface area contributed by atoms with Gasteiger partial charge in [-0.25, -0.2) is 9.59 Å². The summed E-state index contributed by atoms with van der Waals surface area (Å²) in [6.45, 7) is 0. The molecule has 4 rings (SSSR count). The molecule has 0 unspecified atom stereocenters. The topological polar surface area (TPSA) is 176 Å². The van der Waals surface area contributed by atoms with E-state index in [0.717, 1.165) is 23.5 Å². The molecule has 0 spiro atoms. The van der Waals surface area contributed by atoms with Crippen molar-refractivity contribution >= 4 is 61.6 Å². The molecular weight excluding hydrogens is 585 g/mol. The molecule has 0 aliphatic carbocycles. The summed E-state index contributed by atoms with van der Waals surface area (Å²) in [6, 6.07) is 6.22. The van der Waals surface area contributed by atoms with Crippen LogP contribution in [0.4, 0.5) is 0 Å². The van der Waals surface area contributed by atoms with Crippen LogP contribution in [-0.2, 0) is 21.3 Å². The van der Waals surface area contributed by atoms with E-state index in [-0.39, 0.29) is 43.8 Å². The molecule has 4 N–H and O–H groups in total. The lowest BCUT2D eigenvalue weighted by Gasteiger charge is -2.06. The Morgan fingerprint density at radius 1 is 1.05 bits per heavy atom. The number of aryl methyl sites for hydroxylation is 1. The minimum Gasteiger partial charge on any atom is -0.505 e. The lowest BCUT2D eigenvalue weighted by atomic mass is 10.1. The van der Waals surface area contributed by atoms with Crippen LogP contribution in [0, 0.1) is 0 Å². The normalized spacial score (nSPS) is 11.8. The minimum absolute atomic E-state index is 0.00994. The highest BCUT2D eigenvalue weighted by Gasteiger charge is 2.23. The zero-order chi connectivity index (χ0) is 27.8. The van der Waals surface area contributed by atoms with Gasteiger partial charge in [-0.2, -0.15) is 8.42 Å². The van der Waals surface area contributed by atoms with Crippen LogP contribution in [0.3, 0.4) is 0 Å². The van der Waals surface area contributed by atoms with Crippen molar-refractivity contribution in [3.05, 3.63) is 55.7 Å². The number of carbonyl (C=O) groups excluding carboxylic acids is 1. The molecule has 3 heterocycles. The van der Waals surface area contributed by atoms with Crippen LogP contribution < -0.4 is 10.5 Å². The fraction of sp³-hybridized carbons (Fsp3) is 0.217. The number of aromatic hydroxyl groups is 3. The molecule has 202 valence electrons. The van der Waals surface area contributed by atoms with Gasteiger partial charge in [0.2, 0.25) is 11.8 Å². The lowest BCUT2D eigenvalue weighted by molar-refractivity contribution is -0.145. The Morgan fingerprint density at radius 3 is 2.39 bits per heavy atom. The van der Waals surface area contributed by atoms with E-state index in [1.54, 1.807) is 0 Å². The fourth-order valence-corrected chi connectivity index (χ4v) is 6.45. The van der Waals surface area contributed by atoms with Gasteiger partial charge in [0.1, 0.15) is 9.92 Å². The van der Waals surface area contributed by atoms with Gasteiger partial charge in [0.05, 0.1) is 10.6 Å². The number of halogens is 2. The highest BCUT2D eigenvalue weighted by Crippen LogP contribution is 2.40. The van der Waals surface area contributed by atoms with Crippen molar-refractivity contribution in [3.63, 3.8) is 0 Å². The van der Waals surface area contributed by atoms with Crippen LogP contribution in [0.15, 0.2) is 44.4 Å². The summed E-state index contributed by atoms with van der Waals surface area (Å²) >= 11 is 12.9. The number of thiophene rings is 1. The summed E-state index contributed by atoms with van der Waals surface area (Å²) in [5.74, 6) is -2.02. The van der Waals surface area contributed by atoms with Gasteiger partial charge < -0.3 is 24.6 Å². The monoisotopic (exact) mass is 603 g/mol. The largest absolute Gasteiger partial charge is 0.505 e. The number of phenolic OH excluding ortho intramolecular Hbond substituents is 1. The molecular formula is C23H19Cl2NO10S2. The maximum atomic E-state index is 12.6. The number of benzene rings is 1. The van der Waals surface area contributed by atoms with Crippen LogP contribution in [0.1, 0.15) is 30.6 Å². The summed E-state index contributed by atoms with van der Waals surface area (Å²) in [7, 11) is -4.61. The molecule has 0 amide bonds. The van der Waals surface area contributed by atoms with Gasteiger partial charge in [-0.05, 0) is 37.5 Å². The Kier molecular flexibility index (Phi) is 7.95. The second kappa shape index (κ2) is 10.9. The Bertz CT molecular complexity index is 1690. The Labute approximate surface area is 228 Å². The van der Waals surface area contributed by atoms with Crippen molar-refractivity contribution in [2.75, 3.05) is 0 Å². The number of phenols is 1. The number of carbonyl (C=O) groups is 1. The summed E-state index contributed by atoms with van der Waals surface area (Å²) in [6.07, 6.45) is 1.47. The first-order valence-corrected chi connectivity index (χ1v) is 13.9. The molecule has 38 heavy (non-hydrogen) atoms. The van der Waals surface area contributed by atoms with Crippen molar-refractivity contribution in [2.45, 2.75) is 37.0 Å². The minimum atomic E-state index is -4.61. The molecule has 15 heteroatoms. The summed E-state index contributed by atoms with van der Waals surface area (Å²) < 4.78 is 39.6. The molecule has 0 aliphatic heterocycles. The number of unbranched alkanes of at least 4 members (excludes halogenated alkanes) is 2. The highest BCUT2D eigenvalue weighted by atomic mass is 35.5. The Hall–Kier alpha value is -3.23. The van der Waals surface area contributed by atoms with Gasteiger partial charge in [0.25, 0.3) is 10.1 Å². The quantitative estimate of drug-likeness (QED) is 0.118. The third kappa shape index (κ3) is 5.76. The van der Waals surface area contributed by atoms with Gasteiger partial charge in [-0.3, -0.25) is 4.55 Å². The molecule has 0 saturated heterocycles. The summed E-state index contributed by atoms with van der Waals surface area (Å²) in [4.78, 5) is 29.6. The highest BCUT2D eigenvalue weighted by molar-refractivity contribution is 7.86. The fourth-order valence-electron chi connectivity index (χ4n) is 3.67. The Balaban J connectivity index is 1.48. The molecule has 0 atom stereocenters.